The van der Waals surface area contributed by atoms with E-state index < -0.39 is 5.60 Å². The standard InChI is InChI=1S/C28H34Cl2N4O4/c1-28(37,19-3-2-4-20(29)15-19)27(36)33-9-7-23(8-10-33)34-17-22(18-34)31-21-5-6-24(25(30)16-21)26(35)32-11-13-38-14-12-32/h2-6,15-16,22-23,31,37H,7-14,17-18H2,1H3/t28-/m0/s1. The number of aliphatic hydroxyl groups is 1. The number of halogens is 2. The van der Waals surface area contributed by atoms with Gasteiger partial charge in [0.25, 0.3) is 11.8 Å². The van der Waals surface area contributed by atoms with Crippen molar-refractivity contribution >= 4 is 40.7 Å². The van der Waals surface area contributed by atoms with E-state index in [1.165, 1.54) is 6.92 Å². The van der Waals surface area contributed by atoms with Gasteiger partial charge in [-0.3, -0.25) is 14.5 Å². The summed E-state index contributed by atoms with van der Waals surface area (Å²) in [6, 6.07) is 13.1. The molecule has 204 valence electrons. The van der Waals surface area contributed by atoms with Gasteiger partial charge in [0, 0.05) is 56.0 Å². The molecule has 5 rings (SSSR count). The molecular weight excluding hydrogens is 527 g/mol. The van der Waals surface area contributed by atoms with Gasteiger partial charge in [0.15, 0.2) is 5.60 Å². The largest absolute Gasteiger partial charge is 0.380 e. The van der Waals surface area contributed by atoms with Crippen LogP contribution in [0.3, 0.4) is 0 Å². The Morgan fingerprint density at radius 3 is 2.37 bits per heavy atom. The Morgan fingerprint density at radius 2 is 1.71 bits per heavy atom. The molecule has 0 radical (unpaired) electrons. The molecule has 3 saturated heterocycles. The SMILES string of the molecule is C[C@@](O)(C(=O)N1CCC(N2CC(Nc3ccc(C(=O)N4CCOCC4)c(Cl)c3)C2)CC1)c1cccc(Cl)c1. The number of rotatable bonds is 6. The van der Waals surface area contributed by atoms with Gasteiger partial charge in [-0.25, -0.2) is 0 Å². The number of anilines is 1. The van der Waals surface area contributed by atoms with Crippen LogP contribution in [0.4, 0.5) is 5.69 Å². The zero-order chi connectivity index (χ0) is 26.9. The molecule has 2 aromatic rings. The predicted octanol–water partition coefficient (Wildman–Crippen LogP) is 3.46. The van der Waals surface area contributed by atoms with Crippen LogP contribution in [0.1, 0.15) is 35.7 Å². The number of morpholine rings is 1. The molecule has 0 aliphatic carbocycles. The second kappa shape index (κ2) is 11.4. The van der Waals surface area contributed by atoms with Crippen molar-refractivity contribution in [2.24, 2.45) is 0 Å². The van der Waals surface area contributed by atoms with Crippen molar-refractivity contribution in [3.05, 3.63) is 63.6 Å². The van der Waals surface area contributed by atoms with Gasteiger partial charge in [0.1, 0.15) is 0 Å². The Bertz CT molecular complexity index is 1170. The van der Waals surface area contributed by atoms with Crippen molar-refractivity contribution in [1.82, 2.24) is 14.7 Å². The summed E-state index contributed by atoms with van der Waals surface area (Å²) in [6.45, 7) is 6.86. The van der Waals surface area contributed by atoms with E-state index in [9.17, 15) is 14.7 Å². The van der Waals surface area contributed by atoms with Crippen LogP contribution in [0.2, 0.25) is 10.0 Å². The first kappa shape index (κ1) is 27.2. The van der Waals surface area contributed by atoms with Crippen molar-refractivity contribution in [2.45, 2.75) is 37.5 Å². The zero-order valence-electron chi connectivity index (χ0n) is 21.5. The van der Waals surface area contributed by atoms with E-state index in [1.54, 1.807) is 40.1 Å². The summed E-state index contributed by atoms with van der Waals surface area (Å²) in [5.41, 5.74) is 0.326. The Labute approximate surface area is 233 Å². The first-order valence-electron chi connectivity index (χ1n) is 13.2. The van der Waals surface area contributed by atoms with Crippen LogP contribution in [-0.2, 0) is 15.1 Å². The second-order valence-electron chi connectivity index (χ2n) is 10.5. The number of hydrogen-bond acceptors (Lipinski definition) is 6. The summed E-state index contributed by atoms with van der Waals surface area (Å²) in [6.07, 6.45) is 1.74. The predicted molar refractivity (Wildman–Crippen MR) is 148 cm³/mol. The molecule has 0 aromatic heterocycles. The molecule has 3 aliphatic heterocycles. The van der Waals surface area contributed by atoms with E-state index in [0.29, 0.717) is 72.6 Å². The van der Waals surface area contributed by atoms with Crippen molar-refractivity contribution in [3.63, 3.8) is 0 Å². The van der Waals surface area contributed by atoms with E-state index >= 15 is 0 Å². The van der Waals surface area contributed by atoms with Gasteiger partial charge < -0.3 is 25.0 Å². The van der Waals surface area contributed by atoms with E-state index in [2.05, 4.69) is 10.2 Å². The molecule has 8 nitrogen and oxygen atoms in total. The Balaban J connectivity index is 1.09. The minimum atomic E-state index is -1.60. The average Bonchev–Trinajstić information content (AvgIpc) is 2.90. The fourth-order valence-corrected chi connectivity index (χ4v) is 5.96. The lowest BCUT2D eigenvalue weighted by atomic mass is 9.92. The lowest BCUT2D eigenvalue weighted by Gasteiger charge is -2.48. The molecule has 0 saturated carbocycles. The highest BCUT2D eigenvalue weighted by atomic mass is 35.5. The molecule has 38 heavy (non-hydrogen) atoms. The van der Waals surface area contributed by atoms with E-state index in [-0.39, 0.29) is 11.8 Å². The monoisotopic (exact) mass is 560 g/mol. The molecule has 0 spiro atoms. The van der Waals surface area contributed by atoms with Crippen LogP contribution in [0.25, 0.3) is 0 Å². The topological polar surface area (TPSA) is 85.3 Å². The number of carbonyl (C=O) groups is 2. The van der Waals surface area contributed by atoms with Crippen LogP contribution >= 0.6 is 23.2 Å². The quantitative estimate of drug-likeness (QED) is 0.562. The van der Waals surface area contributed by atoms with Gasteiger partial charge >= 0.3 is 0 Å². The number of nitrogens with zero attached hydrogens (tertiary/aromatic N) is 3. The molecule has 3 heterocycles. The van der Waals surface area contributed by atoms with E-state index in [4.69, 9.17) is 27.9 Å². The third-order valence-electron chi connectivity index (χ3n) is 7.85. The molecular formula is C28H34Cl2N4O4. The molecule has 3 aliphatic rings. The number of carbonyl (C=O) groups excluding carboxylic acids is 2. The fourth-order valence-electron chi connectivity index (χ4n) is 5.51. The lowest BCUT2D eigenvalue weighted by molar-refractivity contribution is -0.152. The fraction of sp³-hybridized carbons (Fsp3) is 0.500. The summed E-state index contributed by atoms with van der Waals surface area (Å²) in [5, 5.41) is 15.4. The highest BCUT2D eigenvalue weighted by Crippen LogP contribution is 2.30. The van der Waals surface area contributed by atoms with Crippen molar-refractivity contribution in [1.29, 1.82) is 0 Å². The number of ether oxygens (including phenoxy) is 1. The summed E-state index contributed by atoms with van der Waals surface area (Å²) < 4.78 is 5.33. The maximum absolute atomic E-state index is 13.1. The summed E-state index contributed by atoms with van der Waals surface area (Å²) in [4.78, 5) is 31.8. The molecule has 2 aromatic carbocycles. The first-order chi connectivity index (χ1) is 18.2. The van der Waals surface area contributed by atoms with Gasteiger partial charge in [-0.05, 0) is 55.7 Å². The zero-order valence-corrected chi connectivity index (χ0v) is 23.0. The molecule has 10 heteroatoms. The van der Waals surface area contributed by atoms with Crippen molar-refractivity contribution < 1.29 is 19.4 Å². The number of hydrogen-bond donors (Lipinski definition) is 2. The number of piperidine rings is 1. The summed E-state index contributed by atoms with van der Waals surface area (Å²) in [5.74, 6) is -0.340. The smallest absolute Gasteiger partial charge is 0.258 e. The maximum atomic E-state index is 13.1. The third-order valence-corrected chi connectivity index (χ3v) is 8.40. The molecule has 0 unspecified atom stereocenters. The minimum absolute atomic E-state index is 0.0569. The van der Waals surface area contributed by atoms with Gasteiger partial charge in [0.05, 0.1) is 29.8 Å². The van der Waals surface area contributed by atoms with Gasteiger partial charge in [-0.2, -0.15) is 0 Å². The van der Waals surface area contributed by atoms with Crippen LogP contribution < -0.4 is 5.32 Å². The first-order valence-corrected chi connectivity index (χ1v) is 13.9. The molecule has 3 fully saturated rings. The maximum Gasteiger partial charge on any atom is 0.258 e. The van der Waals surface area contributed by atoms with Gasteiger partial charge in [0.2, 0.25) is 0 Å². The molecule has 2 amide bonds. The Kier molecular flexibility index (Phi) is 8.16. The number of benzene rings is 2. The molecule has 0 bridgehead atoms. The van der Waals surface area contributed by atoms with Crippen molar-refractivity contribution in [3.8, 4) is 0 Å². The third kappa shape index (κ3) is 5.80. The minimum Gasteiger partial charge on any atom is -0.380 e. The van der Waals surface area contributed by atoms with Crippen LogP contribution in [0, 0.1) is 0 Å². The van der Waals surface area contributed by atoms with Gasteiger partial charge in [-0.1, -0.05) is 35.3 Å². The highest BCUT2D eigenvalue weighted by molar-refractivity contribution is 6.34. The number of nitrogens with one attached hydrogen (secondary N) is 1. The highest BCUT2D eigenvalue weighted by Gasteiger charge is 2.40. The Hall–Kier alpha value is -2.36. The summed E-state index contributed by atoms with van der Waals surface area (Å²) >= 11 is 12.5. The number of likely N-dealkylation sites (tertiary alicyclic amines) is 2. The normalized spacial score (nSPS) is 21.1. The molecule has 2 N–H and O–H groups in total. The van der Waals surface area contributed by atoms with Crippen molar-refractivity contribution in [2.75, 3.05) is 57.8 Å². The lowest BCUT2D eigenvalue weighted by Crippen LogP contribution is -2.61. The van der Waals surface area contributed by atoms with Crippen LogP contribution in [-0.4, -0.2) is 96.2 Å². The van der Waals surface area contributed by atoms with E-state index in [0.717, 1.165) is 31.6 Å². The average molecular weight is 562 g/mol. The second-order valence-corrected chi connectivity index (χ2v) is 11.3. The Morgan fingerprint density at radius 1 is 1.00 bits per heavy atom. The molecule has 1 atom stereocenters. The summed E-state index contributed by atoms with van der Waals surface area (Å²) in [7, 11) is 0. The van der Waals surface area contributed by atoms with Crippen LogP contribution in [0.15, 0.2) is 42.5 Å². The van der Waals surface area contributed by atoms with E-state index in [1.807, 2.05) is 12.1 Å². The van der Waals surface area contributed by atoms with Gasteiger partial charge in [-0.15, -0.1) is 0 Å². The van der Waals surface area contributed by atoms with Crippen LogP contribution in [0.5, 0.6) is 0 Å². The number of amides is 2.